The van der Waals surface area contributed by atoms with Crippen LogP contribution in [0.25, 0.3) is 0 Å². The van der Waals surface area contributed by atoms with Crippen molar-refractivity contribution in [1.29, 1.82) is 0 Å². The summed E-state index contributed by atoms with van der Waals surface area (Å²) in [5.74, 6) is -0.202. The maximum atomic E-state index is 10.4. The smallest absolute Gasteiger partial charge is 0.191 e. The van der Waals surface area contributed by atoms with Gasteiger partial charge in [-0.15, -0.1) is 0 Å². The molecule has 0 saturated heterocycles. The van der Waals surface area contributed by atoms with Crippen molar-refractivity contribution < 1.29 is 24.1 Å². The van der Waals surface area contributed by atoms with Crippen molar-refractivity contribution in [2.75, 3.05) is 27.1 Å². The maximum Gasteiger partial charge on any atom is 0.191 e. The molecule has 0 bridgehead atoms. The highest BCUT2D eigenvalue weighted by Crippen LogP contribution is 2.37. The van der Waals surface area contributed by atoms with Crippen molar-refractivity contribution in [2.45, 2.75) is 71.9 Å². The number of hydrogen-bond donors (Lipinski definition) is 2. The molecule has 146 valence electrons. The van der Waals surface area contributed by atoms with Gasteiger partial charge in [0.05, 0.1) is 12.2 Å². The molecule has 0 aromatic rings. The minimum Gasteiger partial charge on any atom is -0.416 e. The largest absolute Gasteiger partial charge is 0.416 e. The Bertz CT molecular complexity index is 343. The Balaban J connectivity index is 4.97. The lowest BCUT2D eigenvalue weighted by Gasteiger charge is -2.39. The van der Waals surface area contributed by atoms with Crippen LogP contribution in [0, 0.1) is 17.8 Å². The third kappa shape index (κ3) is 7.10. The SMILES string of the molecule is COCO[C@H]([C@@H](C)[C@@H](O)[C@H](C)CO)[C@H](C)CO[Si](C)(C)C(C)(C)C. The van der Waals surface area contributed by atoms with Crippen LogP contribution < -0.4 is 0 Å². The molecule has 6 heteroatoms. The predicted molar refractivity (Wildman–Crippen MR) is 100 cm³/mol. The van der Waals surface area contributed by atoms with Gasteiger partial charge in [0.2, 0.25) is 0 Å². The quantitative estimate of drug-likeness (QED) is 0.435. The van der Waals surface area contributed by atoms with E-state index < -0.39 is 14.4 Å². The van der Waals surface area contributed by atoms with Gasteiger partial charge in [-0.05, 0) is 18.1 Å². The van der Waals surface area contributed by atoms with Crippen LogP contribution in [0.5, 0.6) is 0 Å². The van der Waals surface area contributed by atoms with E-state index in [0.717, 1.165) is 0 Å². The topological polar surface area (TPSA) is 68.2 Å². The van der Waals surface area contributed by atoms with Crippen LogP contribution in [0.4, 0.5) is 0 Å². The molecule has 5 nitrogen and oxygen atoms in total. The number of aliphatic hydroxyl groups is 2. The summed E-state index contributed by atoms with van der Waals surface area (Å²) in [6, 6.07) is 0. The first kappa shape index (κ1) is 24.0. The predicted octanol–water partition coefficient (Wildman–Crippen LogP) is 3.26. The molecule has 0 radical (unpaired) electrons. The third-order valence-corrected chi connectivity index (χ3v) is 9.88. The summed E-state index contributed by atoms with van der Waals surface area (Å²) in [7, 11) is -0.236. The van der Waals surface area contributed by atoms with E-state index in [2.05, 4.69) is 40.8 Å². The number of rotatable bonds is 11. The van der Waals surface area contributed by atoms with Crippen LogP contribution in [-0.4, -0.2) is 57.9 Å². The Morgan fingerprint density at radius 3 is 2.00 bits per heavy atom. The van der Waals surface area contributed by atoms with Crippen molar-refractivity contribution >= 4 is 8.32 Å². The van der Waals surface area contributed by atoms with Crippen LogP contribution in [0.15, 0.2) is 0 Å². The average Bonchev–Trinajstić information content (AvgIpc) is 2.50. The van der Waals surface area contributed by atoms with E-state index in [1.165, 1.54) is 0 Å². The van der Waals surface area contributed by atoms with Gasteiger partial charge in [-0.1, -0.05) is 41.5 Å². The fourth-order valence-electron chi connectivity index (χ4n) is 2.45. The normalized spacial score (nSPS) is 19.6. The number of ether oxygens (including phenoxy) is 2. The average molecular weight is 365 g/mol. The lowest BCUT2D eigenvalue weighted by Crippen LogP contribution is -2.45. The Morgan fingerprint density at radius 1 is 1.04 bits per heavy atom. The number of hydrogen-bond acceptors (Lipinski definition) is 5. The summed E-state index contributed by atoms with van der Waals surface area (Å²) in [6.07, 6.45) is -0.828. The fraction of sp³-hybridized carbons (Fsp3) is 1.00. The van der Waals surface area contributed by atoms with Gasteiger partial charge < -0.3 is 24.1 Å². The summed E-state index contributed by atoms with van der Waals surface area (Å²) in [5.41, 5.74) is 0. The second kappa shape index (κ2) is 10.2. The van der Waals surface area contributed by atoms with E-state index in [9.17, 15) is 10.2 Å². The first-order valence-electron chi connectivity index (χ1n) is 8.92. The third-order valence-electron chi connectivity index (χ3n) is 5.38. The highest BCUT2D eigenvalue weighted by atomic mass is 28.4. The van der Waals surface area contributed by atoms with Gasteiger partial charge >= 0.3 is 0 Å². The van der Waals surface area contributed by atoms with Gasteiger partial charge in [0.15, 0.2) is 8.32 Å². The van der Waals surface area contributed by atoms with Crippen molar-refractivity contribution in [3.05, 3.63) is 0 Å². The Kier molecular flexibility index (Phi) is 10.2. The van der Waals surface area contributed by atoms with E-state index in [4.69, 9.17) is 13.9 Å². The van der Waals surface area contributed by atoms with Gasteiger partial charge in [0.1, 0.15) is 6.79 Å². The van der Waals surface area contributed by atoms with Crippen molar-refractivity contribution in [3.63, 3.8) is 0 Å². The molecule has 0 amide bonds. The Morgan fingerprint density at radius 2 is 1.58 bits per heavy atom. The highest BCUT2D eigenvalue weighted by Gasteiger charge is 2.39. The second-order valence-electron chi connectivity index (χ2n) is 8.60. The molecular weight excluding hydrogens is 324 g/mol. The van der Waals surface area contributed by atoms with Gasteiger partial charge in [-0.3, -0.25) is 0 Å². The molecule has 0 aliphatic carbocycles. The molecule has 0 aromatic carbocycles. The molecule has 0 rings (SSSR count). The number of aliphatic hydroxyl groups excluding tert-OH is 2. The zero-order valence-corrected chi connectivity index (χ0v) is 18.1. The molecule has 0 aromatic heterocycles. The van der Waals surface area contributed by atoms with Gasteiger partial charge in [-0.25, -0.2) is 0 Å². The summed E-state index contributed by atoms with van der Waals surface area (Å²) in [5, 5.41) is 19.9. The molecule has 0 aliphatic rings. The molecule has 0 fully saturated rings. The van der Waals surface area contributed by atoms with Gasteiger partial charge in [0.25, 0.3) is 0 Å². The minimum atomic E-state index is -1.82. The number of methoxy groups -OCH3 is 1. The van der Waals surface area contributed by atoms with E-state index in [1.807, 2.05) is 13.8 Å². The summed E-state index contributed by atoms with van der Waals surface area (Å²) >= 11 is 0. The lowest BCUT2D eigenvalue weighted by molar-refractivity contribution is -0.136. The van der Waals surface area contributed by atoms with E-state index in [1.54, 1.807) is 7.11 Å². The zero-order chi connectivity index (χ0) is 19.1. The molecule has 0 heterocycles. The monoisotopic (exact) mass is 364 g/mol. The maximum absolute atomic E-state index is 10.4. The molecule has 0 spiro atoms. The molecule has 0 unspecified atom stereocenters. The van der Waals surface area contributed by atoms with Crippen LogP contribution in [0.1, 0.15) is 41.5 Å². The summed E-state index contributed by atoms with van der Waals surface area (Å²) < 4.78 is 17.2. The summed E-state index contributed by atoms with van der Waals surface area (Å²) in [4.78, 5) is 0. The first-order chi connectivity index (χ1) is 10.9. The van der Waals surface area contributed by atoms with Crippen molar-refractivity contribution in [3.8, 4) is 0 Å². The van der Waals surface area contributed by atoms with E-state index in [-0.39, 0.29) is 42.3 Å². The molecule has 5 atom stereocenters. The van der Waals surface area contributed by atoms with Crippen LogP contribution in [-0.2, 0) is 13.9 Å². The lowest BCUT2D eigenvalue weighted by atomic mass is 9.84. The zero-order valence-electron chi connectivity index (χ0n) is 17.1. The van der Waals surface area contributed by atoms with E-state index >= 15 is 0 Å². The van der Waals surface area contributed by atoms with Crippen molar-refractivity contribution in [2.24, 2.45) is 17.8 Å². The van der Waals surface area contributed by atoms with E-state index in [0.29, 0.717) is 6.61 Å². The molecule has 24 heavy (non-hydrogen) atoms. The molecule has 0 saturated carbocycles. The Hall–Kier alpha value is 0.0169. The standard InChI is InChI=1S/C18H40O5Si/c1-13(10-19)16(20)15(3)17(22-12-21-7)14(2)11-23-24(8,9)18(4,5)6/h13-17,19-20H,10-12H2,1-9H3/t13-,14-,15+,16+,17+/m1/s1. The van der Waals surface area contributed by atoms with Crippen LogP contribution in [0.2, 0.25) is 18.1 Å². The molecule has 0 aliphatic heterocycles. The summed E-state index contributed by atoms with van der Waals surface area (Å²) in [6.45, 7) is 17.7. The molecule has 2 N–H and O–H groups in total. The second-order valence-corrected chi connectivity index (χ2v) is 13.4. The highest BCUT2D eigenvalue weighted by molar-refractivity contribution is 6.74. The van der Waals surface area contributed by atoms with Gasteiger partial charge in [0, 0.05) is 38.1 Å². The minimum absolute atomic E-state index is 0.0443. The van der Waals surface area contributed by atoms with Crippen LogP contribution in [0.3, 0.4) is 0 Å². The fourth-order valence-corrected chi connectivity index (χ4v) is 3.57. The van der Waals surface area contributed by atoms with Gasteiger partial charge in [-0.2, -0.15) is 0 Å². The first-order valence-corrected chi connectivity index (χ1v) is 11.8. The van der Waals surface area contributed by atoms with Crippen molar-refractivity contribution in [1.82, 2.24) is 0 Å². The Labute approximate surface area is 149 Å². The van der Waals surface area contributed by atoms with Crippen LogP contribution >= 0.6 is 0 Å². The molecular formula is C18H40O5Si.